The average Bonchev–Trinajstić information content (AvgIpc) is 2.62. The van der Waals surface area contributed by atoms with Gasteiger partial charge >= 0.3 is 5.97 Å². The van der Waals surface area contributed by atoms with Gasteiger partial charge in [-0.3, -0.25) is 0 Å². The smallest absolute Gasteiger partial charge is 0.339 e. The van der Waals surface area contributed by atoms with E-state index >= 15 is 0 Å². The van der Waals surface area contributed by atoms with Crippen LogP contribution in [-0.4, -0.2) is 43.9 Å². The van der Waals surface area contributed by atoms with Gasteiger partial charge in [0.05, 0.1) is 18.7 Å². The summed E-state index contributed by atoms with van der Waals surface area (Å²) >= 11 is 0. The summed E-state index contributed by atoms with van der Waals surface area (Å²) in [6.07, 6.45) is 1.44. The van der Waals surface area contributed by atoms with E-state index in [4.69, 9.17) is 14.2 Å². The van der Waals surface area contributed by atoms with Gasteiger partial charge < -0.3 is 19.1 Å². The molecule has 1 aliphatic rings. The first-order valence-electron chi connectivity index (χ1n) is 7.90. The maximum absolute atomic E-state index is 11.6. The van der Waals surface area contributed by atoms with Crippen molar-refractivity contribution in [2.45, 2.75) is 13.0 Å². The maximum Gasteiger partial charge on any atom is 0.339 e. The van der Waals surface area contributed by atoms with Crippen molar-refractivity contribution in [3.05, 3.63) is 48.2 Å². The van der Waals surface area contributed by atoms with Crippen molar-refractivity contribution in [1.29, 1.82) is 0 Å². The summed E-state index contributed by atoms with van der Waals surface area (Å²) in [4.78, 5) is 17.9. The van der Waals surface area contributed by atoms with Crippen molar-refractivity contribution in [2.75, 3.05) is 31.7 Å². The third kappa shape index (κ3) is 3.59. The molecule has 3 rings (SSSR count). The van der Waals surface area contributed by atoms with E-state index in [-0.39, 0.29) is 12.1 Å². The minimum absolute atomic E-state index is 0.0866. The zero-order chi connectivity index (χ0) is 16.9. The number of aromatic nitrogens is 1. The van der Waals surface area contributed by atoms with Crippen molar-refractivity contribution in [2.24, 2.45) is 0 Å². The van der Waals surface area contributed by atoms with Gasteiger partial charge in [-0.05, 0) is 31.2 Å². The van der Waals surface area contributed by atoms with Crippen LogP contribution in [0.4, 0.5) is 5.82 Å². The minimum atomic E-state index is -0.361. The van der Waals surface area contributed by atoms with Gasteiger partial charge in [0.25, 0.3) is 0 Å². The molecule has 6 nitrogen and oxygen atoms in total. The maximum atomic E-state index is 11.6. The summed E-state index contributed by atoms with van der Waals surface area (Å²) in [5.41, 5.74) is 0.445. The Morgan fingerprint density at radius 3 is 2.79 bits per heavy atom. The molecular formula is C18H20N2O4. The number of hydrogen-bond donors (Lipinski definition) is 0. The fraction of sp³-hybridized carbons (Fsp3) is 0.333. The van der Waals surface area contributed by atoms with Crippen LogP contribution in [0, 0.1) is 0 Å². The zero-order valence-corrected chi connectivity index (χ0v) is 13.8. The van der Waals surface area contributed by atoms with Gasteiger partial charge in [0.2, 0.25) is 0 Å². The molecule has 24 heavy (non-hydrogen) atoms. The zero-order valence-electron chi connectivity index (χ0n) is 13.8. The second kappa shape index (κ2) is 7.21. The molecule has 1 unspecified atom stereocenters. The number of esters is 1. The molecule has 0 bridgehead atoms. The number of nitrogens with zero attached hydrogens (tertiary/aromatic N) is 2. The summed E-state index contributed by atoms with van der Waals surface area (Å²) in [5.74, 6) is 1.92. The molecule has 0 fully saturated rings. The predicted octanol–water partition coefficient (Wildman–Crippen LogP) is 2.53. The van der Waals surface area contributed by atoms with E-state index < -0.39 is 0 Å². The van der Waals surface area contributed by atoms with Gasteiger partial charge in [0.1, 0.15) is 12.4 Å². The van der Waals surface area contributed by atoms with Crippen LogP contribution in [-0.2, 0) is 4.74 Å². The molecular weight excluding hydrogens is 308 g/mol. The van der Waals surface area contributed by atoms with Gasteiger partial charge in [0, 0.05) is 13.2 Å². The van der Waals surface area contributed by atoms with E-state index in [1.54, 1.807) is 19.1 Å². The topological polar surface area (TPSA) is 60.9 Å². The van der Waals surface area contributed by atoms with Crippen LogP contribution in [0.15, 0.2) is 42.6 Å². The number of rotatable bonds is 5. The number of fused-ring (bicyclic) bond motifs is 1. The summed E-state index contributed by atoms with van der Waals surface area (Å²) in [6, 6.07) is 11.1. The van der Waals surface area contributed by atoms with E-state index in [1.807, 2.05) is 36.2 Å². The third-order valence-electron chi connectivity index (χ3n) is 3.70. The summed E-state index contributed by atoms with van der Waals surface area (Å²) < 4.78 is 16.6. The number of hydrogen-bond acceptors (Lipinski definition) is 6. The van der Waals surface area contributed by atoms with Crippen LogP contribution in [0.5, 0.6) is 11.5 Å². The Bertz CT molecular complexity index is 702. The Labute approximate surface area is 141 Å². The lowest BCUT2D eigenvalue weighted by Gasteiger charge is -2.30. The predicted molar refractivity (Wildman–Crippen MR) is 89.8 cm³/mol. The standard InChI is InChI=1S/C18H20N2O4/c1-3-22-18(21)13-8-9-17(19-10-13)20(2)11-14-12-23-15-6-4-5-7-16(15)24-14/h4-10,14H,3,11-12H2,1-2H3. The first-order chi connectivity index (χ1) is 11.7. The van der Waals surface area contributed by atoms with Gasteiger partial charge in [-0.1, -0.05) is 12.1 Å². The molecule has 1 aromatic heterocycles. The molecule has 1 atom stereocenters. The lowest BCUT2D eigenvalue weighted by atomic mass is 10.2. The van der Waals surface area contributed by atoms with Crippen LogP contribution < -0.4 is 14.4 Å². The molecule has 2 aromatic rings. The van der Waals surface area contributed by atoms with Gasteiger partial charge in [0.15, 0.2) is 17.6 Å². The molecule has 6 heteroatoms. The highest BCUT2D eigenvalue weighted by Crippen LogP contribution is 2.31. The lowest BCUT2D eigenvalue weighted by molar-refractivity contribution is 0.0526. The Kier molecular flexibility index (Phi) is 4.84. The minimum Gasteiger partial charge on any atom is -0.486 e. The SMILES string of the molecule is CCOC(=O)c1ccc(N(C)CC2COc3ccccc3O2)nc1. The quantitative estimate of drug-likeness (QED) is 0.786. The molecule has 0 amide bonds. The highest BCUT2D eigenvalue weighted by atomic mass is 16.6. The highest BCUT2D eigenvalue weighted by molar-refractivity contribution is 5.89. The van der Waals surface area contributed by atoms with Crippen LogP contribution in [0.2, 0.25) is 0 Å². The van der Waals surface area contributed by atoms with Gasteiger partial charge in [-0.2, -0.15) is 0 Å². The molecule has 0 saturated carbocycles. The largest absolute Gasteiger partial charge is 0.486 e. The fourth-order valence-electron chi connectivity index (χ4n) is 2.50. The highest BCUT2D eigenvalue weighted by Gasteiger charge is 2.22. The van der Waals surface area contributed by atoms with Crippen molar-refractivity contribution in [3.8, 4) is 11.5 Å². The molecule has 0 aliphatic carbocycles. The van der Waals surface area contributed by atoms with Crippen LogP contribution in [0.25, 0.3) is 0 Å². The summed E-state index contributed by atoms with van der Waals surface area (Å²) in [5, 5.41) is 0. The van der Waals surface area contributed by atoms with E-state index in [1.165, 1.54) is 6.20 Å². The number of carbonyl (C=O) groups is 1. The third-order valence-corrected chi connectivity index (χ3v) is 3.70. The molecule has 2 heterocycles. The molecule has 0 saturated heterocycles. The molecule has 0 N–H and O–H groups in total. The number of carbonyl (C=O) groups excluding carboxylic acids is 1. The number of benzene rings is 1. The number of likely N-dealkylation sites (N-methyl/N-ethyl adjacent to an activating group) is 1. The number of ether oxygens (including phenoxy) is 3. The Morgan fingerprint density at radius 2 is 2.08 bits per heavy atom. The average molecular weight is 328 g/mol. The first-order valence-corrected chi connectivity index (χ1v) is 7.90. The second-order valence-electron chi connectivity index (χ2n) is 5.50. The van der Waals surface area contributed by atoms with E-state index in [0.717, 1.165) is 17.3 Å². The van der Waals surface area contributed by atoms with Crippen molar-refractivity contribution < 1.29 is 19.0 Å². The van der Waals surface area contributed by atoms with E-state index in [0.29, 0.717) is 25.3 Å². The van der Waals surface area contributed by atoms with Crippen molar-refractivity contribution in [3.63, 3.8) is 0 Å². The normalized spacial score (nSPS) is 15.7. The molecule has 0 spiro atoms. The van der Waals surface area contributed by atoms with Crippen molar-refractivity contribution in [1.82, 2.24) is 4.98 Å². The number of anilines is 1. The summed E-state index contributed by atoms with van der Waals surface area (Å²) in [6.45, 7) is 3.24. The summed E-state index contributed by atoms with van der Waals surface area (Å²) in [7, 11) is 1.93. The lowest BCUT2D eigenvalue weighted by Crippen LogP contribution is -2.39. The molecule has 1 aromatic carbocycles. The van der Waals surface area contributed by atoms with E-state index in [9.17, 15) is 4.79 Å². The van der Waals surface area contributed by atoms with E-state index in [2.05, 4.69) is 4.98 Å². The first kappa shape index (κ1) is 16.1. The molecule has 0 radical (unpaired) electrons. The van der Waals surface area contributed by atoms with Gasteiger partial charge in [-0.25, -0.2) is 9.78 Å². The van der Waals surface area contributed by atoms with Crippen molar-refractivity contribution >= 4 is 11.8 Å². The Morgan fingerprint density at radius 1 is 1.29 bits per heavy atom. The monoisotopic (exact) mass is 328 g/mol. The van der Waals surface area contributed by atoms with Gasteiger partial charge in [-0.15, -0.1) is 0 Å². The fourth-order valence-corrected chi connectivity index (χ4v) is 2.50. The van der Waals surface area contributed by atoms with Crippen LogP contribution in [0.1, 0.15) is 17.3 Å². The molecule has 1 aliphatic heterocycles. The number of para-hydroxylation sites is 2. The van der Waals surface area contributed by atoms with Crippen LogP contribution in [0.3, 0.4) is 0 Å². The van der Waals surface area contributed by atoms with Crippen LogP contribution >= 0.6 is 0 Å². The number of pyridine rings is 1. The molecule has 126 valence electrons. The second-order valence-corrected chi connectivity index (χ2v) is 5.50. The Balaban J connectivity index is 1.61. The Hall–Kier alpha value is -2.76.